The molecule has 1 amide bonds. The number of carbonyl (C=O) groups is 1. The summed E-state index contributed by atoms with van der Waals surface area (Å²) in [6.45, 7) is 5.33. The van der Waals surface area contributed by atoms with Gasteiger partial charge in [-0.3, -0.25) is 4.79 Å². The van der Waals surface area contributed by atoms with Gasteiger partial charge in [-0.15, -0.1) is 0 Å². The van der Waals surface area contributed by atoms with Gasteiger partial charge in [-0.1, -0.05) is 13.8 Å². The minimum absolute atomic E-state index is 0.0598. The molecular weight excluding hydrogens is 344 g/mol. The normalized spacial score (nSPS) is 19.1. The minimum atomic E-state index is -3.21. The third-order valence-electron chi connectivity index (χ3n) is 4.16. The van der Waals surface area contributed by atoms with E-state index in [0.29, 0.717) is 37.7 Å². The van der Waals surface area contributed by atoms with Crippen molar-refractivity contribution in [2.75, 3.05) is 25.9 Å². The van der Waals surface area contributed by atoms with Gasteiger partial charge in [0, 0.05) is 25.3 Å². The molecule has 2 N–H and O–H groups in total. The van der Waals surface area contributed by atoms with E-state index in [9.17, 15) is 18.0 Å². The molecule has 9 heteroatoms. The molecule has 0 spiro atoms. The first-order valence-corrected chi connectivity index (χ1v) is 10.3. The van der Waals surface area contributed by atoms with Crippen molar-refractivity contribution in [3.8, 4) is 0 Å². The highest BCUT2D eigenvalue weighted by Crippen LogP contribution is 2.18. The standard InChI is InChI=1S/C16H26N4O4S/c1-11(2)7-13-8-14(19-16(22)18-13)15(21)17-9-12-5-4-6-20(10-12)25(3,23)24/h8,11-12H,4-7,9-10H2,1-3H3,(H,17,21)(H,18,19,22)/t12-/m0/s1. The monoisotopic (exact) mass is 370 g/mol. The fourth-order valence-electron chi connectivity index (χ4n) is 3.00. The molecule has 0 bridgehead atoms. The molecule has 1 aliphatic heterocycles. The fourth-order valence-corrected chi connectivity index (χ4v) is 3.94. The van der Waals surface area contributed by atoms with E-state index in [1.165, 1.54) is 10.6 Å². The van der Waals surface area contributed by atoms with Gasteiger partial charge in [-0.25, -0.2) is 17.5 Å². The predicted molar refractivity (Wildman–Crippen MR) is 94.9 cm³/mol. The zero-order valence-corrected chi connectivity index (χ0v) is 15.7. The second-order valence-corrected chi connectivity index (χ2v) is 9.02. The molecule has 0 unspecified atom stereocenters. The van der Waals surface area contributed by atoms with E-state index in [1.807, 2.05) is 13.8 Å². The van der Waals surface area contributed by atoms with Crippen LogP contribution in [0.25, 0.3) is 0 Å². The first-order valence-electron chi connectivity index (χ1n) is 8.48. The highest BCUT2D eigenvalue weighted by Gasteiger charge is 2.26. The Morgan fingerprint density at radius 1 is 1.48 bits per heavy atom. The van der Waals surface area contributed by atoms with Crippen LogP contribution >= 0.6 is 0 Å². The van der Waals surface area contributed by atoms with Gasteiger partial charge in [0.25, 0.3) is 5.91 Å². The summed E-state index contributed by atoms with van der Waals surface area (Å²) in [4.78, 5) is 30.3. The first kappa shape index (κ1) is 19.6. The number of nitrogens with zero attached hydrogens (tertiary/aromatic N) is 2. The predicted octanol–water partition coefficient (Wildman–Crippen LogP) is 0.370. The number of aromatic amines is 1. The third-order valence-corrected chi connectivity index (χ3v) is 5.43. The van der Waals surface area contributed by atoms with Crippen LogP contribution in [0, 0.1) is 11.8 Å². The maximum atomic E-state index is 12.3. The number of hydrogen-bond donors (Lipinski definition) is 2. The Kier molecular flexibility index (Phi) is 6.34. The van der Waals surface area contributed by atoms with Crippen LogP contribution in [0.2, 0.25) is 0 Å². The highest BCUT2D eigenvalue weighted by molar-refractivity contribution is 7.88. The summed E-state index contributed by atoms with van der Waals surface area (Å²) in [5, 5.41) is 2.77. The Hall–Kier alpha value is -1.74. The second-order valence-electron chi connectivity index (χ2n) is 7.03. The number of piperidine rings is 1. The molecule has 0 radical (unpaired) electrons. The van der Waals surface area contributed by atoms with Crippen molar-refractivity contribution >= 4 is 15.9 Å². The maximum absolute atomic E-state index is 12.3. The number of aromatic nitrogens is 2. The summed E-state index contributed by atoms with van der Waals surface area (Å²) in [5.41, 5.74) is 0.237. The summed E-state index contributed by atoms with van der Waals surface area (Å²) in [6.07, 6.45) is 3.48. The largest absolute Gasteiger partial charge is 0.350 e. The number of carbonyl (C=O) groups excluding carboxylic acids is 1. The van der Waals surface area contributed by atoms with Crippen molar-refractivity contribution in [1.82, 2.24) is 19.6 Å². The number of rotatable bonds is 6. The third kappa shape index (κ3) is 5.93. The minimum Gasteiger partial charge on any atom is -0.350 e. The highest BCUT2D eigenvalue weighted by atomic mass is 32.2. The average Bonchev–Trinajstić information content (AvgIpc) is 2.51. The first-order chi connectivity index (χ1) is 11.6. The van der Waals surface area contributed by atoms with E-state index < -0.39 is 21.6 Å². The molecule has 1 aliphatic rings. The van der Waals surface area contributed by atoms with Crippen LogP contribution in [0.15, 0.2) is 10.9 Å². The molecular formula is C16H26N4O4S. The molecule has 1 saturated heterocycles. The Labute approximate surface area is 148 Å². The lowest BCUT2D eigenvalue weighted by Crippen LogP contribution is -2.43. The molecule has 0 aliphatic carbocycles. The summed E-state index contributed by atoms with van der Waals surface area (Å²) in [6, 6.07) is 1.60. The number of amides is 1. The van der Waals surface area contributed by atoms with Gasteiger partial charge in [0.15, 0.2) is 0 Å². The topological polar surface area (TPSA) is 112 Å². The zero-order chi connectivity index (χ0) is 18.6. The number of sulfonamides is 1. The van der Waals surface area contributed by atoms with Crippen LogP contribution in [0.3, 0.4) is 0 Å². The Morgan fingerprint density at radius 2 is 2.20 bits per heavy atom. The molecule has 1 atom stereocenters. The van der Waals surface area contributed by atoms with Crippen molar-refractivity contribution in [3.63, 3.8) is 0 Å². The van der Waals surface area contributed by atoms with Crippen molar-refractivity contribution in [1.29, 1.82) is 0 Å². The number of H-pyrrole nitrogens is 1. The Morgan fingerprint density at radius 3 is 2.84 bits per heavy atom. The lowest BCUT2D eigenvalue weighted by molar-refractivity contribution is 0.0936. The Bertz CT molecular complexity index is 773. The molecule has 25 heavy (non-hydrogen) atoms. The van der Waals surface area contributed by atoms with Crippen molar-refractivity contribution in [2.24, 2.45) is 11.8 Å². The van der Waals surface area contributed by atoms with Gasteiger partial charge in [0.2, 0.25) is 10.0 Å². The van der Waals surface area contributed by atoms with Crippen molar-refractivity contribution in [2.45, 2.75) is 33.1 Å². The maximum Gasteiger partial charge on any atom is 0.345 e. The van der Waals surface area contributed by atoms with Crippen molar-refractivity contribution < 1.29 is 13.2 Å². The van der Waals surface area contributed by atoms with Gasteiger partial charge >= 0.3 is 5.69 Å². The van der Waals surface area contributed by atoms with Crippen LogP contribution in [-0.4, -0.2) is 54.5 Å². The van der Waals surface area contributed by atoms with Crippen LogP contribution in [0.1, 0.15) is 42.9 Å². The summed E-state index contributed by atoms with van der Waals surface area (Å²) >= 11 is 0. The second kappa shape index (κ2) is 8.09. The molecule has 1 aromatic heterocycles. The van der Waals surface area contributed by atoms with Crippen LogP contribution < -0.4 is 11.0 Å². The Balaban J connectivity index is 1.98. The number of nitrogens with one attached hydrogen (secondary N) is 2. The van der Waals surface area contributed by atoms with E-state index in [0.717, 1.165) is 12.8 Å². The van der Waals surface area contributed by atoms with Gasteiger partial charge in [-0.05, 0) is 37.2 Å². The molecule has 1 fully saturated rings. The summed E-state index contributed by atoms with van der Waals surface area (Å²) in [7, 11) is -3.21. The van der Waals surface area contributed by atoms with Crippen LogP contribution in [0.4, 0.5) is 0 Å². The van der Waals surface area contributed by atoms with E-state index in [-0.39, 0.29) is 11.6 Å². The van der Waals surface area contributed by atoms with E-state index in [1.54, 1.807) is 6.07 Å². The molecule has 0 aromatic carbocycles. The number of hydrogen-bond acceptors (Lipinski definition) is 5. The SMILES string of the molecule is CC(C)Cc1cc(C(=O)NC[C@@H]2CCCN(S(C)(=O)=O)C2)nc(=O)[nH]1. The fraction of sp³-hybridized carbons (Fsp3) is 0.688. The van der Waals surface area contributed by atoms with E-state index >= 15 is 0 Å². The van der Waals surface area contributed by atoms with Gasteiger partial charge < -0.3 is 10.3 Å². The molecule has 2 heterocycles. The molecule has 1 aromatic rings. The summed E-state index contributed by atoms with van der Waals surface area (Å²) < 4.78 is 24.7. The van der Waals surface area contributed by atoms with Crippen LogP contribution in [-0.2, 0) is 16.4 Å². The zero-order valence-electron chi connectivity index (χ0n) is 14.9. The van der Waals surface area contributed by atoms with E-state index in [4.69, 9.17) is 0 Å². The lowest BCUT2D eigenvalue weighted by atomic mass is 9.99. The smallest absolute Gasteiger partial charge is 0.345 e. The quantitative estimate of drug-likeness (QED) is 0.751. The van der Waals surface area contributed by atoms with Crippen LogP contribution in [0.5, 0.6) is 0 Å². The van der Waals surface area contributed by atoms with Crippen molar-refractivity contribution in [3.05, 3.63) is 27.9 Å². The lowest BCUT2D eigenvalue weighted by Gasteiger charge is -2.30. The molecule has 8 nitrogen and oxygen atoms in total. The molecule has 140 valence electrons. The molecule has 2 rings (SSSR count). The summed E-state index contributed by atoms with van der Waals surface area (Å²) in [5.74, 6) is -0.00434. The molecule has 0 saturated carbocycles. The van der Waals surface area contributed by atoms with Gasteiger partial charge in [0.05, 0.1) is 6.26 Å². The van der Waals surface area contributed by atoms with E-state index in [2.05, 4.69) is 15.3 Å². The average molecular weight is 370 g/mol. The van der Waals surface area contributed by atoms with Gasteiger partial charge in [0.1, 0.15) is 5.69 Å². The van der Waals surface area contributed by atoms with Gasteiger partial charge in [-0.2, -0.15) is 4.98 Å².